The van der Waals surface area contributed by atoms with E-state index in [2.05, 4.69) is 31.4 Å². The van der Waals surface area contributed by atoms with E-state index in [1.165, 1.54) is 6.07 Å². The molecule has 1 N–H and O–H groups in total. The van der Waals surface area contributed by atoms with Crippen molar-refractivity contribution in [3.8, 4) is 0 Å². The number of carbonyl (C=O) groups is 1. The van der Waals surface area contributed by atoms with Crippen molar-refractivity contribution in [2.75, 3.05) is 0 Å². The SMILES string of the molecule is CC(NC(=O)c1c(F)cccc1Br)c1nnc2n1CCC2. The van der Waals surface area contributed by atoms with Gasteiger partial charge in [0.15, 0.2) is 5.82 Å². The van der Waals surface area contributed by atoms with Crippen LogP contribution in [0.1, 0.15) is 41.4 Å². The fourth-order valence-corrected chi connectivity index (χ4v) is 3.06. The molecule has 7 heteroatoms. The lowest BCUT2D eigenvalue weighted by Gasteiger charge is -2.14. The zero-order valence-corrected chi connectivity index (χ0v) is 13.0. The molecule has 1 aromatic carbocycles. The van der Waals surface area contributed by atoms with Gasteiger partial charge < -0.3 is 9.88 Å². The summed E-state index contributed by atoms with van der Waals surface area (Å²) in [6, 6.07) is 4.12. The lowest BCUT2D eigenvalue weighted by Crippen LogP contribution is -2.29. The molecular formula is C14H14BrFN4O. The second kappa shape index (κ2) is 5.55. The number of aryl methyl sites for hydroxylation is 1. The second-order valence-electron chi connectivity index (χ2n) is 5.02. The van der Waals surface area contributed by atoms with Crippen molar-refractivity contribution in [3.63, 3.8) is 0 Å². The summed E-state index contributed by atoms with van der Waals surface area (Å²) in [5.74, 6) is 0.629. The molecule has 1 aromatic heterocycles. The Morgan fingerprint density at radius 1 is 1.48 bits per heavy atom. The summed E-state index contributed by atoms with van der Waals surface area (Å²) in [7, 11) is 0. The van der Waals surface area contributed by atoms with Gasteiger partial charge in [0.2, 0.25) is 0 Å². The van der Waals surface area contributed by atoms with Gasteiger partial charge in [-0.25, -0.2) is 4.39 Å². The molecule has 1 unspecified atom stereocenters. The third-order valence-corrected chi connectivity index (χ3v) is 4.22. The van der Waals surface area contributed by atoms with Crippen LogP contribution in [-0.2, 0) is 13.0 Å². The lowest BCUT2D eigenvalue weighted by molar-refractivity contribution is 0.0932. The fourth-order valence-electron chi connectivity index (χ4n) is 2.54. The van der Waals surface area contributed by atoms with Gasteiger partial charge in [-0.2, -0.15) is 0 Å². The van der Waals surface area contributed by atoms with Gasteiger partial charge in [0.25, 0.3) is 5.91 Å². The molecule has 0 aliphatic carbocycles. The summed E-state index contributed by atoms with van der Waals surface area (Å²) in [6.07, 6.45) is 1.95. The molecule has 3 rings (SSSR count). The number of hydrogen-bond acceptors (Lipinski definition) is 3. The van der Waals surface area contributed by atoms with Gasteiger partial charge in [-0.1, -0.05) is 6.07 Å². The number of fused-ring (bicyclic) bond motifs is 1. The third kappa shape index (κ3) is 2.57. The molecule has 0 fully saturated rings. The van der Waals surface area contributed by atoms with E-state index >= 15 is 0 Å². The lowest BCUT2D eigenvalue weighted by atomic mass is 10.2. The quantitative estimate of drug-likeness (QED) is 0.923. The molecule has 1 atom stereocenters. The van der Waals surface area contributed by atoms with Crippen LogP contribution in [0.4, 0.5) is 4.39 Å². The summed E-state index contributed by atoms with van der Waals surface area (Å²) in [5.41, 5.74) is 0.00510. The first-order chi connectivity index (χ1) is 10.1. The van der Waals surface area contributed by atoms with Crippen molar-refractivity contribution in [3.05, 3.63) is 45.7 Å². The predicted octanol–water partition coefficient (Wildman–Crippen LogP) is 2.62. The Balaban J connectivity index is 1.81. The molecule has 2 aromatic rings. The van der Waals surface area contributed by atoms with Crippen LogP contribution >= 0.6 is 15.9 Å². The number of amides is 1. The monoisotopic (exact) mass is 352 g/mol. The molecule has 1 amide bonds. The molecule has 0 saturated heterocycles. The van der Waals surface area contributed by atoms with Crippen LogP contribution in [0.5, 0.6) is 0 Å². The number of rotatable bonds is 3. The van der Waals surface area contributed by atoms with Crippen molar-refractivity contribution in [1.29, 1.82) is 0 Å². The molecule has 21 heavy (non-hydrogen) atoms. The Morgan fingerprint density at radius 3 is 3.05 bits per heavy atom. The molecule has 0 saturated carbocycles. The van der Waals surface area contributed by atoms with E-state index in [-0.39, 0.29) is 11.6 Å². The number of halogens is 2. The summed E-state index contributed by atoms with van der Waals surface area (Å²) in [5, 5.41) is 11.0. The van der Waals surface area contributed by atoms with E-state index in [0.717, 1.165) is 25.2 Å². The van der Waals surface area contributed by atoms with Gasteiger partial charge in [-0.05, 0) is 41.4 Å². The van der Waals surface area contributed by atoms with E-state index in [9.17, 15) is 9.18 Å². The fraction of sp³-hybridized carbons (Fsp3) is 0.357. The standard InChI is InChI=1S/C14H14BrFN4O/c1-8(13-19-18-11-6-3-7-20(11)13)17-14(21)12-9(15)4-2-5-10(12)16/h2,4-5,8H,3,6-7H2,1H3,(H,17,21). The van der Waals surface area contributed by atoms with E-state index < -0.39 is 11.7 Å². The molecule has 0 radical (unpaired) electrons. The summed E-state index contributed by atoms with van der Waals surface area (Å²) < 4.78 is 16.2. The first kappa shape index (κ1) is 14.2. The minimum atomic E-state index is -0.555. The topological polar surface area (TPSA) is 59.8 Å². The van der Waals surface area contributed by atoms with Crippen molar-refractivity contribution >= 4 is 21.8 Å². The van der Waals surface area contributed by atoms with Crippen LogP contribution in [0.25, 0.3) is 0 Å². The molecular weight excluding hydrogens is 339 g/mol. The smallest absolute Gasteiger partial charge is 0.255 e. The number of aromatic nitrogens is 3. The van der Waals surface area contributed by atoms with Gasteiger partial charge in [0.05, 0.1) is 11.6 Å². The van der Waals surface area contributed by atoms with Crippen LogP contribution in [0, 0.1) is 5.82 Å². The number of nitrogens with one attached hydrogen (secondary N) is 1. The Labute approximate surface area is 129 Å². The van der Waals surface area contributed by atoms with Gasteiger partial charge >= 0.3 is 0 Å². The Kier molecular flexibility index (Phi) is 3.75. The normalized spacial score (nSPS) is 14.8. The maximum absolute atomic E-state index is 13.8. The van der Waals surface area contributed by atoms with Crippen molar-refractivity contribution in [2.24, 2.45) is 0 Å². The van der Waals surface area contributed by atoms with E-state index in [4.69, 9.17) is 0 Å². The van der Waals surface area contributed by atoms with Gasteiger partial charge in [-0.15, -0.1) is 10.2 Å². The zero-order chi connectivity index (χ0) is 15.0. The van der Waals surface area contributed by atoms with E-state index in [0.29, 0.717) is 10.3 Å². The Hall–Kier alpha value is -1.76. The third-order valence-electron chi connectivity index (χ3n) is 3.56. The van der Waals surface area contributed by atoms with Crippen LogP contribution in [-0.4, -0.2) is 20.7 Å². The van der Waals surface area contributed by atoms with Crippen LogP contribution in [0.3, 0.4) is 0 Å². The van der Waals surface area contributed by atoms with Crippen molar-refractivity contribution in [1.82, 2.24) is 20.1 Å². The van der Waals surface area contributed by atoms with E-state index in [1.54, 1.807) is 12.1 Å². The molecule has 1 aliphatic heterocycles. The molecule has 110 valence electrons. The second-order valence-corrected chi connectivity index (χ2v) is 5.88. The first-order valence-corrected chi connectivity index (χ1v) is 7.54. The number of benzene rings is 1. The van der Waals surface area contributed by atoms with Crippen molar-refractivity contribution in [2.45, 2.75) is 32.4 Å². The predicted molar refractivity (Wildman–Crippen MR) is 78.3 cm³/mol. The molecule has 2 heterocycles. The first-order valence-electron chi connectivity index (χ1n) is 6.75. The van der Waals surface area contributed by atoms with Crippen molar-refractivity contribution < 1.29 is 9.18 Å². The summed E-state index contributed by atoms with van der Waals surface area (Å²) in [4.78, 5) is 12.3. The molecule has 5 nitrogen and oxygen atoms in total. The average molecular weight is 353 g/mol. The Morgan fingerprint density at radius 2 is 2.29 bits per heavy atom. The summed E-state index contributed by atoms with van der Waals surface area (Å²) in [6.45, 7) is 2.68. The Bertz CT molecular complexity index is 680. The maximum Gasteiger partial charge on any atom is 0.255 e. The van der Waals surface area contributed by atoms with Crippen LogP contribution in [0.15, 0.2) is 22.7 Å². The largest absolute Gasteiger partial charge is 0.342 e. The van der Waals surface area contributed by atoms with Crippen LogP contribution < -0.4 is 5.32 Å². The van der Waals surface area contributed by atoms with Crippen LogP contribution in [0.2, 0.25) is 0 Å². The van der Waals surface area contributed by atoms with Gasteiger partial charge in [0, 0.05) is 17.4 Å². The highest BCUT2D eigenvalue weighted by Crippen LogP contribution is 2.22. The van der Waals surface area contributed by atoms with E-state index in [1.807, 2.05) is 11.5 Å². The minimum absolute atomic E-state index is 0.00510. The maximum atomic E-state index is 13.8. The molecule has 0 spiro atoms. The highest BCUT2D eigenvalue weighted by atomic mass is 79.9. The zero-order valence-electron chi connectivity index (χ0n) is 11.4. The average Bonchev–Trinajstić information content (AvgIpc) is 3.00. The van der Waals surface area contributed by atoms with Gasteiger partial charge in [0.1, 0.15) is 11.6 Å². The number of carbonyl (C=O) groups excluding carboxylic acids is 1. The number of hydrogen-bond donors (Lipinski definition) is 1. The number of nitrogens with zero attached hydrogens (tertiary/aromatic N) is 3. The molecule has 1 aliphatic rings. The highest BCUT2D eigenvalue weighted by Gasteiger charge is 2.24. The highest BCUT2D eigenvalue weighted by molar-refractivity contribution is 9.10. The minimum Gasteiger partial charge on any atom is -0.342 e. The summed E-state index contributed by atoms with van der Waals surface area (Å²) >= 11 is 3.20. The van der Waals surface area contributed by atoms with Gasteiger partial charge in [-0.3, -0.25) is 4.79 Å². The molecule has 0 bridgehead atoms.